The molecule has 0 radical (unpaired) electrons. The summed E-state index contributed by atoms with van der Waals surface area (Å²) in [5.41, 5.74) is 11.5. The van der Waals surface area contributed by atoms with Crippen molar-refractivity contribution in [2.75, 3.05) is 11.9 Å². The Labute approximate surface area is 145 Å². The normalized spacial score (nSPS) is 15.6. The molecular weight excluding hydrogens is 335 g/mol. The number of benzene rings is 1. The van der Waals surface area contributed by atoms with Crippen LogP contribution in [0.25, 0.3) is 0 Å². The summed E-state index contributed by atoms with van der Waals surface area (Å²) in [6, 6.07) is 3.85. The number of hydrogen-bond acceptors (Lipinski definition) is 6. The van der Waals surface area contributed by atoms with E-state index in [9.17, 15) is 14.6 Å². The molecule has 1 aromatic rings. The van der Waals surface area contributed by atoms with Gasteiger partial charge < -0.3 is 27.0 Å². The first-order chi connectivity index (χ1) is 11.4. The van der Waals surface area contributed by atoms with Crippen LogP contribution < -0.4 is 16.8 Å². The fourth-order valence-electron chi connectivity index (χ4n) is 1.92. The molecule has 0 aromatic heterocycles. The summed E-state index contributed by atoms with van der Waals surface area (Å²) < 4.78 is 13.3. The Hall–Kier alpha value is -1.93. The third kappa shape index (κ3) is 5.93. The quantitative estimate of drug-likeness (QED) is 0.274. The molecule has 1 aromatic carbocycles. The Morgan fingerprint density at radius 3 is 2.75 bits per heavy atom. The zero-order valence-corrected chi connectivity index (χ0v) is 14.0. The molecule has 8 heteroatoms. The molecule has 0 amide bonds. The second-order valence-electron chi connectivity index (χ2n) is 4.85. The number of nitrogens with two attached hydrogens (primary N) is 2. The zero-order valence-electron chi connectivity index (χ0n) is 13.3. The van der Waals surface area contributed by atoms with E-state index in [0.717, 1.165) is 0 Å². The molecule has 0 fully saturated rings. The highest BCUT2D eigenvalue weighted by Gasteiger charge is 2.17. The summed E-state index contributed by atoms with van der Waals surface area (Å²) in [6.45, 7) is 1.98. The second-order valence-corrected chi connectivity index (χ2v) is 5.35. The van der Waals surface area contributed by atoms with Crippen LogP contribution in [0.1, 0.15) is 12.5 Å². The monoisotopic (exact) mass is 356 g/mol. The van der Waals surface area contributed by atoms with E-state index in [1.54, 1.807) is 0 Å². The van der Waals surface area contributed by atoms with Crippen LogP contribution in [-0.2, 0) is 6.61 Å². The van der Waals surface area contributed by atoms with E-state index in [0.29, 0.717) is 23.4 Å². The number of aliphatic hydroxyl groups is 2. The Bertz CT molecular complexity index is 633. The van der Waals surface area contributed by atoms with E-state index in [1.165, 1.54) is 36.7 Å². The summed E-state index contributed by atoms with van der Waals surface area (Å²) in [6.07, 6.45) is 2.88. The maximum absolute atomic E-state index is 13.3. The van der Waals surface area contributed by atoms with Crippen molar-refractivity contribution in [1.29, 1.82) is 0 Å². The second kappa shape index (κ2) is 10.0. The summed E-state index contributed by atoms with van der Waals surface area (Å²) >= 11 is 5.79. The van der Waals surface area contributed by atoms with Crippen molar-refractivity contribution in [3.63, 3.8) is 0 Å². The minimum atomic E-state index is -1.17. The third-order valence-electron chi connectivity index (χ3n) is 3.08. The lowest BCUT2D eigenvalue weighted by Crippen LogP contribution is -2.24. The fourth-order valence-corrected chi connectivity index (χ4v) is 2.06. The van der Waals surface area contributed by atoms with Crippen LogP contribution in [0.15, 0.2) is 46.7 Å². The molecule has 0 aliphatic carbocycles. The summed E-state index contributed by atoms with van der Waals surface area (Å²) in [5.74, 6) is -0.484. The number of nitrogens with zero attached hydrogens (tertiary/aromatic N) is 1. The molecule has 132 valence electrons. The average molecular weight is 357 g/mol. The van der Waals surface area contributed by atoms with Crippen LogP contribution in [0.3, 0.4) is 0 Å². The lowest BCUT2D eigenvalue weighted by Gasteiger charge is -2.20. The average Bonchev–Trinajstić information content (AvgIpc) is 2.55. The van der Waals surface area contributed by atoms with Gasteiger partial charge in [-0.2, -0.15) is 0 Å². The first-order valence-electron chi connectivity index (χ1n) is 7.30. The van der Waals surface area contributed by atoms with Gasteiger partial charge in [-0.1, -0.05) is 0 Å². The largest absolute Gasteiger partial charge is 0.404 e. The Morgan fingerprint density at radius 2 is 2.21 bits per heavy atom. The first-order valence-corrected chi connectivity index (χ1v) is 7.73. The number of hydrogen-bond donors (Lipinski definition) is 5. The molecule has 0 saturated carbocycles. The highest BCUT2D eigenvalue weighted by atomic mass is 35.5. The van der Waals surface area contributed by atoms with Gasteiger partial charge in [0.15, 0.2) is 0 Å². The molecule has 0 saturated heterocycles. The maximum Gasteiger partial charge on any atom is 0.123 e. The fraction of sp³-hybridized carbons (Fsp3) is 0.312. The number of halogens is 2. The molecule has 0 aliphatic rings. The van der Waals surface area contributed by atoms with Crippen LogP contribution in [0, 0.1) is 5.82 Å². The molecule has 7 N–H and O–H groups in total. The Kier molecular flexibility index (Phi) is 8.42. The predicted octanol–water partition coefficient (Wildman–Crippen LogP) is 1.43. The van der Waals surface area contributed by atoms with E-state index in [2.05, 4.69) is 10.3 Å². The topological polar surface area (TPSA) is 117 Å². The molecule has 6 nitrogen and oxygen atoms in total. The van der Waals surface area contributed by atoms with Crippen LogP contribution >= 0.6 is 11.6 Å². The summed E-state index contributed by atoms with van der Waals surface area (Å²) in [7, 11) is 0. The number of alkyl halides is 1. The van der Waals surface area contributed by atoms with Gasteiger partial charge >= 0.3 is 0 Å². The molecule has 0 spiro atoms. The lowest BCUT2D eigenvalue weighted by atomic mass is 10.1. The van der Waals surface area contributed by atoms with Crippen molar-refractivity contribution >= 4 is 23.5 Å². The van der Waals surface area contributed by atoms with Crippen molar-refractivity contribution in [3.05, 3.63) is 53.1 Å². The highest BCUT2D eigenvalue weighted by molar-refractivity contribution is 6.21. The molecule has 2 unspecified atom stereocenters. The number of aliphatic imine (C=N–C) groups is 1. The van der Waals surface area contributed by atoms with Gasteiger partial charge in [0, 0.05) is 41.5 Å². The Balaban J connectivity index is 3.17. The van der Waals surface area contributed by atoms with Crippen molar-refractivity contribution in [1.82, 2.24) is 0 Å². The first kappa shape index (κ1) is 20.1. The molecule has 0 bridgehead atoms. The molecular formula is C16H22ClFN4O2. The minimum absolute atomic E-state index is 0.234. The summed E-state index contributed by atoms with van der Waals surface area (Å²) in [5, 5.41) is 22.8. The van der Waals surface area contributed by atoms with Crippen molar-refractivity contribution < 1.29 is 14.6 Å². The number of rotatable bonds is 8. The van der Waals surface area contributed by atoms with Gasteiger partial charge in [0.2, 0.25) is 0 Å². The molecule has 0 heterocycles. The van der Waals surface area contributed by atoms with E-state index >= 15 is 0 Å². The van der Waals surface area contributed by atoms with Gasteiger partial charge in [-0.15, -0.1) is 11.6 Å². The number of nitrogens with one attached hydrogen (secondary N) is 1. The maximum atomic E-state index is 13.3. The Morgan fingerprint density at radius 1 is 1.50 bits per heavy atom. The van der Waals surface area contributed by atoms with Crippen molar-refractivity contribution in [2.45, 2.75) is 25.1 Å². The van der Waals surface area contributed by atoms with Gasteiger partial charge in [-0.05, 0) is 31.2 Å². The molecule has 1 rings (SSSR count). The van der Waals surface area contributed by atoms with Gasteiger partial charge in [-0.25, -0.2) is 4.39 Å². The van der Waals surface area contributed by atoms with Gasteiger partial charge in [0.25, 0.3) is 0 Å². The van der Waals surface area contributed by atoms with Gasteiger partial charge in [0.05, 0.1) is 6.61 Å². The standard InChI is InChI=1S/C16H22ClFN4O2/c1-2-21-8-11(7-19)16(24)14(6-15(17)20)22-13-4-3-12(18)5-10(13)9-23/h3-8,15-16,22-24H,2,9,19-20H2,1H3/b11-7?,14-6-,21-8?. The van der Waals surface area contributed by atoms with E-state index in [4.69, 9.17) is 23.1 Å². The molecule has 2 atom stereocenters. The number of aliphatic hydroxyl groups excluding tert-OH is 2. The lowest BCUT2D eigenvalue weighted by molar-refractivity contribution is 0.253. The van der Waals surface area contributed by atoms with Crippen LogP contribution in [0.4, 0.5) is 10.1 Å². The van der Waals surface area contributed by atoms with Gasteiger partial charge in [-0.3, -0.25) is 4.99 Å². The van der Waals surface area contributed by atoms with Crippen LogP contribution in [-0.4, -0.2) is 34.6 Å². The van der Waals surface area contributed by atoms with Crippen molar-refractivity contribution in [3.8, 4) is 0 Å². The van der Waals surface area contributed by atoms with Crippen LogP contribution in [0.5, 0.6) is 0 Å². The summed E-state index contributed by atoms with van der Waals surface area (Å²) in [4.78, 5) is 4.04. The smallest absolute Gasteiger partial charge is 0.123 e. The minimum Gasteiger partial charge on any atom is -0.404 e. The predicted molar refractivity (Wildman–Crippen MR) is 95.2 cm³/mol. The zero-order chi connectivity index (χ0) is 18.1. The highest BCUT2D eigenvalue weighted by Crippen LogP contribution is 2.22. The van der Waals surface area contributed by atoms with E-state index in [1.807, 2.05) is 6.92 Å². The third-order valence-corrected chi connectivity index (χ3v) is 3.21. The van der Waals surface area contributed by atoms with E-state index in [-0.39, 0.29) is 12.3 Å². The SMILES string of the molecule is CCN=CC(=CN)C(O)/C(=C/C(N)Cl)Nc1ccc(F)cc1CO. The van der Waals surface area contributed by atoms with Gasteiger partial charge in [0.1, 0.15) is 17.4 Å². The molecule has 24 heavy (non-hydrogen) atoms. The number of anilines is 1. The van der Waals surface area contributed by atoms with Crippen LogP contribution in [0.2, 0.25) is 0 Å². The van der Waals surface area contributed by atoms with E-state index < -0.39 is 17.4 Å². The van der Waals surface area contributed by atoms with Crippen molar-refractivity contribution in [2.24, 2.45) is 16.5 Å². The molecule has 0 aliphatic heterocycles.